The number of rotatable bonds is 5. The summed E-state index contributed by atoms with van der Waals surface area (Å²) in [5.74, 6) is -0.291. The summed E-state index contributed by atoms with van der Waals surface area (Å²) < 4.78 is 0. The zero-order chi connectivity index (χ0) is 15.5. The van der Waals surface area contributed by atoms with Crippen molar-refractivity contribution in [2.24, 2.45) is 0 Å². The Balaban J connectivity index is 2.31. The molecule has 0 aromatic heterocycles. The van der Waals surface area contributed by atoms with Crippen molar-refractivity contribution in [3.63, 3.8) is 0 Å². The van der Waals surface area contributed by atoms with Crippen LogP contribution in [0.2, 0.25) is 0 Å². The maximum Gasteiger partial charge on any atom is 0.323 e. The Hall–Kier alpha value is -1.35. The van der Waals surface area contributed by atoms with Crippen LogP contribution < -0.4 is 0 Å². The summed E-state index contributed by atoms with van der Waals surface area (Å²) in [6.07, 6.45) is 4.67. The molecule has 0 spiro atoms. The molecule has 21 heavy (non-hydrogen) atoms. The first-order chi connectivity index (χ1) is 9.98. The Bertz CT molecular complexity index is 469. The minimum absolute atomic E-state index is 0.317. The molecule has 1 fully saturated rings. The number of carbonyl (C=O) groups is 1. The van der Waals surface area contributed by atoms with Crippen molar-refractivity contribution in [3.8, 4) is 0 Å². The lowest BCUT2D eigenvalue weighted by Crippen LogP contribution is -2.56. The molecule has 0 saturated heterocycles. The quantitative estimate of drug-likeness (QED) is 0.893. The van der Waals surface area contributed by atoms with E-state index in [4.69, 9.17) is 0 Å². The average molecular weight is 289 g/mol. The molecule has 3 heteroatoms. The summed E-state index contributed by atoms with van der Waals surface area (Å²) in [5, 5.41) is 9.59. The van der Waals surface area contributed by atoms with Crippen molar-refractivity contribution in [2.45, 2.75) is 64.0 Å². The highest BCUT2D eigenvalue weighted by molar-refractivity contribution is 5.77. The Kier molecular flexibility index (Phi) is 5.04. The number of likely N-dealkylation sites (N-methyl/N-ethyl adjacent to an activating group) is 1. The molecule has 0 heterocycles. The molecule has 0 amide bonds. The maximum atomic E-state index is 11.7. The first-order valence-corrected chi connectivity index (χ1v) is 8.03. The number of hydrogen-bond donors (Lipinski definition) is 1. The van der Waals surface area contributed by atoms with E-state index in [1.54, 1.807) is 0 Å². The van der Waals surface area contributed by atoms with Gasteiger partial charge in [-0.15, -0.1) is 0 Å². The van der Waals surface area contributed by atoms with Gasteiger partial charge in [0.1, 0.15) is 5.54 Å². The fraction of sp³-hybridized carbons (Fsp3) is 0.611. The standard InChI is InChI=1S/C18H27NO2/c1-4-19(18(2,3)17(20)21)16-13-9-8-12-15(16)14-10-6-5-7-11-14/h5-7,10-11,15-16H,4,8-9,12-13H2,1-3H3,(H,20,21). The van der Waals surface area contributed by atoms with Crippen LogP contribution in [0, 0.1) is 0 Å². The Morgan fingerprint density at radius 1 is 1.24 bits per heavy atom. The van der Waals surface area contributed by atoms with Gasteiger partial charge in [0.15, 0.2) is 0 Å². The molecule has 2 rings (SSSR count). The molecule has 3 nitrogen and oxygen atoms in total. The number of nitrogens with zero attached hydrogens (tertiary/aromatic N) is 1. The van der Waals surface area contributed by atoms with E-state index in [9.17, 15) is 9.90 Å². The van der Waals surface area contributed by atoms with Crippen molar-refractivity contribution in [1.29, 1.82) is 0 Å². The van der Waals surface area contributed by atoms with E-state index in [1.165, 1.54) is 18.4 Å². The molecule has 1 aromatic carbocycles. The highest BCUT2D eigenvalue weighted by atomic mass is 16.4. The van der Waals surface area contributed by atoms with Gasteiger partial charge >= 0.3 is 5.97 Å². The van der Waals surface area contributed by atoms with Gasteiger partial charge in [0.05, 0.1) is 0 Å². The molecular formula is C18H27NO2. The summed E-state index contributed by atoms with van der Waals surface area (Å²) in [5.41, 5.74) is 0.533. The summed E-state index contributed by atoms with van der Waals surface area (Å²) in [6, 6.07) is 10.9. The summed E-state index contributed by atoms with van der Waals surface area (Å²) in [7, 11) is 0. The molecule has 2 atom stereocenters. The minimum atomic E-state index is -0.816. The molecular weight excluding hydrogens is 262 g/mol. The van der Waals surface area contributed by atoms with Crippen LogP contribution in [-0.2, 0) is 4.79 Å². The molecule has 1 saturated carbocycles. The summed E-state index contributed by atoms with van der Waals surface area (Å²) >= 11 is 0. The van der Waals surface area contributed by atoms with E-state index in [0.717, 1.165) is 19.4 Å². The van der Waals surface area contributed by atoms with Crippen LogP contribution >= 0.6 is 0 Å². The minimum Gasteiger partial charge on any atom is -0.480 e. The van der Waals surface area contributed by atoms with Crippen LogP contribution in [0.1, 0.15) is 57.9 Å². The van der Waals surface area contributed by atoms with Crippen LogP contribution in [0.25, 0.3) is 0 Å². The number of benzene rings is 1. The highest BCUT2D eigenvalue weighted by Crippen LogP contribution is 2.38. The van der Waals surface area contributed by atoms with Gasteiger partial charge in [-0.1, -0.05) is 50.1 Å². The predicted octanol–water partition coefficient (Wildman–Crippen LogP) is 3.90. The third-order valence-electron chi connectivity index (χ3n) is 4.94. The lowest BCUT2D eigenvalue weighted by Gasteiger charge is -2.46. The summed E-state index contributed by atoms with van der Waals surface area (Å²) in [4.78, 5) is 13.9. The van der Waals surface area contributed by atoms with Crippen molar-refractivity contribution >= 4 is 5.97 Å². The van der Waals surface area contributed by atoms with E-state index >= 15 is 0 Å². The van der Waals surface area contributed by atoms with E-state index in [1.807, 2.05) is 19.9 Å². The van der Waals surface area contributed by atoms with Gasteiger partial charge in [0, 0.05) is 6.04 Å². The second kappa shape index (κ2) is 6.61. The Morgan fingerprint density at radius 2 is 1.86 bits per heavy atom. The van der Waals surface area contributed by atoms with Gasteiger partial charge in [-0.25, -0.2) is 0 Å². The second-order valence-electron chi connectivity index (χ2n) is 6.52. The zero-order valence-corrected chi connectivity index (χ0v) is 13.4. The molecule has 1 aliphatic carbocycles. The third-order valence-corrected chi connectivity index (χ3v) is 4.94. The summed E-state index contributed by atoms with van der Waals surface area (Å²) in [6.45, 7) is 6.50. The lowest BCUT2D eigenvalue weighted by molar-refractivity contribution is -0.151. The fourth-order valence-corrected chi connectivity index (χ4v) is 3.74. The number of aliphatic carboxylic acids is 1. The van der Waals surface area contributed by atoms with Crippen molar-refractivity contribution < 1.29 is 9.90 Å². The van der Waals surface area contributed by atoms with Gasteiger partial charge in [-0.05, 0) is 44.7 Å². The first-order valence-electron chi connectivity index (χ1n) is 8.03. The van der Waals surface area contributed by atoms with E-state index in [-0.39, 0.29) is 0 Å². The van der Waals surface area contributed by atoms with Crippen LogP contribution in [0.15, 0.2) is 30.3 Å². The van der Waals surface area contributed by atoms with Crippen molar-refractivity contribution in [3.05, 3.63) is 35.9 Å². The predicted molar refractivity (Wildman–Crippen MR) is 85.5 cm³/mol. The number of carboxylic acids is 1. The van der Waals surface area contributed by atoms with Gasteiger partial charge in [0.2, 0.25) is 0 Å². The fourth-order valence-electron chi connectivity index (χ4n) is 3.74. The normalized spacial score (nSPS) is 23.2. The highest BCUT2D eigenvalue weighted by Gasteiger charge is 2.41. The molecule has 0 aliphatic heterocycles. The smallest absolute Gasteiger partial charge is 0.323 e. The molecule has 1 aliphatic rings. The van der Waals surface area contributed by atoms with Crippen LogP contribution in [0.4, 0.5) is 0 Å². The molecule has 1 aromatic rings. The monoisotopic (exact) mass is 289 g/mol. The number of carboxylic acid groups (broad SMARTS) is 1. The SMILES string of the molecule is CCN(C1CCCCC1c1ccccc1)C(C)(C)C(=O)O. The third kappa shape index (κ3) is 3.29. The molecule has 116 valence electrons. The van der Waals surface area contributed by atoms with Crippen molar-refractivity contribution in [1.82, 2.24) is 4.90 Å². The molecule has 1 N–H and O–H groups in total. The zero-order valence-electron chi connectivity index (χ0n) is 13.4. The molecule has 0 radical (unpaired) electrons. The van der Waals surface area contributed by atoms with Gasteiger partial charge in [-0.3, -0.25) is 9.69 Å². The van der Waals surface area contributed by atoms with E-state index < -0.39 is 11.5 Å². The molecule has 2 unspecified atom stereocenters. The van der Waals surface area contributed by atoms with E-state index in [2.05, 4.69) is 36.1 Å². The Morgan fingerprint density at radius 3 is 2.43 bits per heavy atom. The van der Waals surface area contributed by atoms with Gasteiger partial charge in [0.25, 0.3) is 0 Å². The lowest BCUT2D eigenvalue weighted by atomic mass is 9.77. The largest absolute Gasteiger partial charge is 0.480 e. The van der Waals surface area contributed by atoms with Crippen LogP contribution in [-0.4, -0.2) is 34.1 Å². The topological polar surface area (TPSA) is 40.5 Å². The Labute approximate surface area is 128 Å². The maximum absolute atomic E-state index is 11.7. The first kappa shape index (κ1) is 16.0. The number of hydrogen-bond acceptors (Lipinski definition) is 2. The van der Waals surface area contributed by atoms with Gasteiger partial charge in [-0.2, -0.15) is 0 Å². The van der Waals surface area contributed by atoms with Crippen LogP contribution in [0.5, 0.6) is 0 Å². The average Bonchev–Trinajstić information content (AvgIpc) is 2.49. The van der Waals surface area contributed by atoms with Crippen molar-refractivity contribution in [2.75, 3.05) is 6.54 Å². The second-order valence-corrected chi connectivity index (χ2v) is 6.52. The van der Waals surface area contributed by atoms with Crippen LogP contribution in [0.3, 0.4) is 0 Å². The molecule has 0 bridgehead atoms. The van der Waals surface area contributed by atoms with Gasteiger partial charge < -0.3 is 5.11 Å². The van der Waals surface area contributed by atoms with E-state index in [0.29, 0.717) is 12.0 Å².